The second-order valence-electron chi connectivity index (χ2n) is 10.5. The fourth-order valence-corrected chi connectivity index (χ4v) is 6.56. The van der Waals surface area contributed by atoms with Crippen molar-refractivity contribution in [3.05, 3.63) is 131 Å². The molecular formula is C34H35BrFN3O4S. The second kappa shape index (κ2) is 15.1. The van der Waals surface area contributed by atoms with Gasteiger partial charge in [0.15, 0.2) is 0 Å². The fraction of sp³-hybridized carbons (Fsp3) is 0.235. The molecule has 44 heavy (non-hydrogen) atoms. The molecule has 2 amide bonds. The van der Waals surface area contributed by atoms with E-state index < -0.39 is 34.3 Å². The number of anilines is 1. The van der Waals surface area contributed by atoms with Crippen LogP contribution in [-0.2, 0) is 32.6 Å². The van der Waals surface area contributed by atoms with Crippen molar-refractivity contribution >= 4 is 43.5 Å². The van der Waals surface area contributed by atoms with Crippen molar-refractivity contribution in [3.63, 3.8) is 0 Å². The van der Waals surface area contributed by atoms with E-state index in [1.165, 1.54) is 29.2 Å². The Kier molecular flexibility index (Phi) is 11.3. The van der Waals surface area contributed by atoms with Crippen LogP contribution >= 0.6 is 15.9 Å². The Hall–Kier alpha value is -4.02. The van der Waals surface area contributed by atoms with Gasteiger partial charge < -0.3 is 10.2 Å². The number of hydrogen-bond acceptors (Lipinski definition) is 4. The maximum Gasteiger partial charge on any atom is 0.264 e. The molecule has 0 aliphatic heterocycles. The van der Waals surface area contributed by atoms with Crippen molar-refractivity contribution < 1.29 is 22.4 Å². The molecule has 0 bridgehead atoms. The molecule has 4 aromatic carbocycles. The predicted octanol–water partition coefficient (Wildman–Crippen LogP) is 6.34. The molecule has 1 N–H and O–H groups in total. The fourth-order valence-electron chi connectivity index (χ4n) is 4.68. The zero-order chi connectivity index (χ0) is 31.7. The number of amides is 2. The van der Waals surface area contributed by atoms with Gasteiger partial charge in [0, 0.05) is 23.5 Å². The highest BCUT2D eigenvalue weighted by Gasteiger charge is 2.35. The van der Waals surface area contributed by atoms with Gasteiger partial charge in [-0.15, -0.1) is 0 Å². The molecule has 0 spiro atoms. The zero-order valence-corrected chi connectivity index (χ0v) is 27.0. The summed E-state index contributed by atoms with van der Waals surface area (Å²) < 4.78 is 43.5. The number of hydrogen-bond donors (Lipinski definition) is 1. The summed E-state index contributed by atoms with van der Waals surface area (Å²) in [4.78, 5) is 29.7. The second-order valence-corrected chi connectivity index (χ2v) is 13.3. The van der Waals surface area contributed by atoms with Crippen LogP contribution < -0.4 is 9.62 Å². The normalized spacial score (nSPS) is 12.6. The van der Waals surface area contributed by atoms with Crippen LogP contribution in [0, 0.1) is 5.82 Å². The lowest BCUT2D eigenvalue weighted by molar-refractivity contribution is -0.140. The summed E-state index contributed by atoms with van der Waals surface area (Å²) >= 11 is 3.48. The molecule has 2 atom stereocenters. The molecule has 230 valence electrons. The lowest BCUT2D eigenvalue weighted by Crippen LogP contribution is -2.54. The lowest BCUT2D eigenvalue weighted by Gasteiger charge is -2.34. The van der Waals surface area contributed by atoms with Gasteiger partial charge in [-0.3, -0.25) is 13.9 Å². The number of nitrogens with one attached hydrogen (secondary N) is 1. The average Bonchev–Trinajstić information content (AvgIpc) is 3.02. The quantitative estimate of drug-likeness (QED) is 0.179. The van der Waals surface area contributed by atoms with Gasteiger partial charge in [-0.1, -0.05) is 83.5 Å². The summed E-state index contributed by atoms with van der Waals surface area (Å²) in [6.07, 6.45) is 0.905. The molecule has 4 aromatic rings. The van der Waals surface area contributed by atoms with E-state index >= 15 is 0 Å². The van der Waals surface area contributed by atoms with Gasteiger partial charge in [0.1, 0.15) is 18.4 Å². The number of carbonyl (C=O) groups is 2. The molecule has 0 saturated heterocycles. The van der Waals surface area contributed by atoms with Crippen molar-refractivity contribution in [2.75, 3.05) is 10.8 Å². The Labute approximate surface area is 266 Å². The molecule has 0 saturated carbocycles. The highest BCUT2D eigenvalue weighted by Crippen LogP contribution is 2.25. The van der Waals surface area contributed by atoms with E-state index in [1.807, 2.05) is 68.4 Å². The minimum atomic E-state index is -4.25. The molecule has 0 unspecified atom stereocenters. The van der Waals surface area contributed by atoms with Gasteiger partial charge in [0.25, 0.3) is 10.0 Å². The first-order chi connectivity index (χ1) is 21.1. The van der Waals surface area contributed by atoms with Crippen molar-refractivity contribution in [3.8, 4) is 0 Å². The smallest absolute Gasteiger partial charge is 0.264 e. The van der Waals surface area contributed by atoms with Gasteiger partial charge >= 0.3 is 0 Å². The van der Waals surface area contributed by atoms with Crippen LogP contribution in [0.5, 0.6) is 0 Å². The van der Waals surface area contributed by atoms with Crippen molar-refractivity contribution in [2.45, 2.75) is 50.2 Å². The van der Waals surface area contributed by atoms with E-state index in [9.17, 15) is 22.4 Å². The third-order valence-corrected chi connectivity index (χ3v) is 9.52. The standard InChI is InChI=1S/C34H35BrFN3O4S/c1-3-25(2)37-34(41)32(22-26-11-6-4-7-12-26)38(23-27-13-10-14-28(35)21-27)33(40)24-39(30-19-17-29(36)18-20-30)44(42,43)31-15-8-5-9-16-31/h4-21,25,32H,3,22-24H2,1-2H3,(H,37,41)/t25-,32+/m0/s1. The Morgan fingerprint density at radius 1 is 0.864 bits per heavy atom. The Morgan fingerprint density at radius 2 is 1.48 bits per heavy atom. The average molecular weight is 681 g/mol. The minimum Gasteiger partial charge on any atom is -0.352 e. The molecule has 4 rings (SSSR count). The van der Waals surface area contributed by atoms with E-state index in [4.69, 9.17) is 0 Å². The monoisotopic (exact) mass is 679 g/mol. The SMILES string of the molecule is CC[C@H](C)NC(=O)[C@@H](Cc1ccccc1)N(Cc1cccc(Br)c1)C(=O)CN(c1ccc(F)cc1)S(=O)(=O)c1ccccc1. The maximum absolute atomic E-state index is 14.4. The minimum absolute atomic E-state index is 0.0222. The highest BCUT2D eigenvalue weighted by molar-refractivity contribution is 9.10. The maximum atomic E-state index is 14.4. The van der Waals surface area contributed by atoms with Crippen LogP contribution in [0.3, 0.4) is 0 Å². The first kappa shape index (κ1) is 32.9. The topological polar surface area (TPSA) is 86.8 Å². The van der Waals surface area contributed by atoms with Gasteiger partial charge in [0.05, 0.1) is 10.6 Å². The number of sulfonamides is 1. The Bertz CT molecular complexity index is 1660. The van der Waals surface area contributed by atoms with Crippen molar-refractivity contribution in [2.24, 2.45) is 0 Å². The molecule has 10 heteroatoms. The number of benzene rings is 4. The van der Waals surface area contributed by atoms with Crippen molar-refractivity contribution in [1.82, 2.24) is 10.2 Å². The zero-order valence-electron chi connectivity index (χ0n) is 24.6. The van der Waals surface area contributed by atoms with Crippen LogP contribution in [0.4, 0.5) is 10.1 Å². The van der Waals surface area contributed by atoms with Crippen LogP contribution in [-0.4, -0.2) is 43.8 Å². The lowest BCUT2D eigenvalue weighted by atomic mass is 10.0. The molecule has 0 fully saturated rings. The Balaban J connectivity index is 1.80. The molecule has 0 heterocycles. The number of rotatable bonds is 13. The number of halogens is 2. The molecule has 0 radical (unpaired) electrons. The van der Waals surface area contributed by atoms with Gasteiger partial charge in [0.2, 0.25) is 11.8 Å². The van der Waals surface area contributed by atoms with E-state index in [-0.39, 0.29) is 35.5 Å². The molecule has 7 nitrogen and oxygen atoms in total. The third-order valence-electron chi connectivity index (χ3n) is 7.24. The predicted molar refractivity (Wildman–Crippen MR) is 174 cm³/mol. The summed E-state index contributed by atoms with van der Waals surface area (Å²) in [7, 11) is -4.25. The summed E-state index contributed by atoms with van der Waals surface area (Å²) in [5.74, 6) is -1.47. The molecule has 0 aliphatic rings. The number of carbonyl (C=O) groups excluding carboxylic acids is 2. The van der Waals surface area contributed by atoms with E-state index in [0.29, 0.717) is 6.42 Å². The summed E-state index contributed by atoms with van der Waals surface area (Å²) in [6, 6.07) is 28.3. The first-order valence-corrected chi connectivity index (χ1v) is 16.5. The summed E-state index contributed by atoms with van der Waals surface area (Å²) in [5, 5.41) is 3.01. The first-order valence-electron chi connectivity index (χ1n) is 14.3. The van der Waals surface area contributed by atoms with Crippen molar-refractivity contribution in [1.29, 1.82) is 0 Å². The molecule has 0 aliphatic carbocycles. The van der Waals surface area contributed by atoms with E-state index in [0.717, 1.165) is 32.0 Å². The van der Waals surface area contributed by atoms with Crippen LogP contribution in [0.2, 0.25) is 0 Å². The van der Waals surface area contributed by atoms with E-state index in [2.05, 4.69) is 21.2 Å². The van der Waals surface area contributed by atoms with Gasteiger partial charge in [-0.25, -0.2) is 12.8 Å². The van der Waals surface area contributed by atoms with Crippen LogP contribution in [0.25, 0.3) is 0 Å². The summed E-state index contributed by atoms with van der Waals surface area (Å²) in [5.41, 5.74) is 1.71. The van der Waals surface area contributed by atoms with E-state index in [1.54, 1.807) is 18.2 Å². The highest BCUT2D eigenvalue weighted by atomic mass is 79.9. The third kappa shape index (κ3) is 8.54. The number of nitrogens with zero attached hydrogens (tertiary/aromatic N) is 2. The van der Waals surface area contributed by atoms with Gasteiger partial charge in [-0.2, -0.15) is 0 Å². The summed E-state index contributed by atoms with van der Waals surface area (Å²) in [6.45, 7) is 3.28. The van der Waals surface area contributed by atoms with Crippen LogP contribution in [0.15, 0.2) is 119 Å². The Morgan fingerprint density at radius 3 is 2.09 bits per heavy atom. The largest absolute Gasteiger partial charge is 0.352 e. The van der Waals surface area contributed by atoms with Gasteiger partial charge in [-0.05, 0) is 73.0 Å². The molecule has 0 aromatic heterocycles. The molecular weight excluding hydrogens is 645 g/mol. The van der Waals surface area contributed by atoms with Crippen LogP contribution in [0.1, 0.15) is 31.4 Å².